The summed E-state index contributed by atoms with van der Waals surface area (Å²) in [7, 11) is 3.14. The van der Waals surface area contributed by atoms with Crippen molar-refractivity contribution >= 4 is 11.0 Å². The van der Waals surface area contributed by atoms with Gasteiger partial charge in [-0.1, -0.05) is 0 Å². The Morgan fingerprint density at radius 1 is 1.28 bits per heavy atom. The molecule has 0 radical (unpaired) electrons. The molecular weight excluding hydrogens is 234 g/mol. The minimum atomic E-state index is -0.672. The Kier molecular flexibility index (Phi) is 3.40. The second-order valence-electron chi connectivity index (χ2n) is 4.11. The van der Waals surface area contributed by atoms with Crippen LogP contribution < -0.4 is 15.2 Å². The molecule has 2 atom stereocenters. The van der Waals surface area contributed by atoms with Crippen LogP contribution in [0.4, 0.5) is 0 Å². The summed E-state index contributed by atoms with van der Waals surface area (Å²) >= 11 is 0. The predicted molar refractivity (Wildman–Crippen MR) is 67.8 cm³/mol. The highest BCUT2D eigenvalue weighted by Gasteiger charge is 2.17. The number of nitrogens with one attached hydrogen (secondary N) is 1. The van der Waals surface area contributed by atoms with Crippen LogP contribution in [0.2, 0.25) is 0 Å². The van der Waals surface area contributed by atoms with Crippen LogP contribution in [0.3, 0.4) is 0 Å². The van der Waals surface area contributed by atoms with Gasteiger partial charge >= 0.3 is 0 Å². The maximum Gasteiger partial charge on any atom is 0.163 e. The van der Waals surface area contributed by atoms with Gasteiger partial charge in [-0.2, -0.15) is 0 Å². The zero-order valence-electron chi connectivity index (χ0n) is 10.6. The van der Waals surface area contributed by atoms with Gasteiger partial charge in [-0.25, -0.2) is 4.98 Å². The number of H-pyrrole nitrogens is 1. The number of nitrogens with two attached hydrogens (primary N) is 1. The number of aliphatic hydroxyl groups excluding tert-OH is 1. The average Bonchev–Trinajstić information content (AvgIpc) is 2.78. The Morgan fingerprint density at radius 2 is 1.89 bits per heavy atom. The molecule has 6 heteroatoms. The van der Waals surface area contributed by atoms with Crippen molar-refractivity contribution in [3.8, 4) is 11.5 Å². The Labute approximate surface area is 105 Å². The highest BCUT2D eigenvalue weighted by molar-refractivity contribution is 5.79. The van der Waals surface area contributed by atoms with Crippen molar-refractivity contribution < 1.29 is 14.6 Å². The smallest absolute Gasteiger partial charge is 0.163 e. The number of rotatable bonds is 4. The van der Waals surface area contributed by atoms with Crippen LogP contribution in [0.15, 0.2) is 12.1 Å². The molecule has 0 aliphatic heterocycles. The van der Waals surface area contributed by atoms with Gasteiger partial charge in [0.1, 0.15) is 5.82 Å². The third-order valence-corrected chi connectivity index (χ3v) is 2.84. The SMILES string of the molecule is COc1cc2nc(C(N)C(C)O)[nH]c2cc1OC. The summed E-state index contributed by atoms with van der Waals surface area (Å²) in [6.45, 7) is 1.62. The molecular formula is C12H17N3O3. The van der Waals surface area contributed by atoms with Crippen LogP contribution in [0.5, 0.6) is 11.5 Å². The van der Waals surface area contributed by atoms with E-state index in [0.717, 1.165) is 11.0 Å². The fourth-order valence-corrected chi connectivity index (χ4v) is 1.74. The highest BCUT2D eigenvalue weighted by Crippen LogP contribution is 2.31. The van der Waals surface area contributed by atoms with Crippen molar-refractivity contribution in [2.24, 2.45) is 5.73 Å². The van der Waals surface area contributed by atoms with E-state index in [9.17, 15) is 5.11 Å². The number of fused-ring (bicyclic) bond motifs is 1. The molecule has 1 aromatic heterocycles. The molecule has 6 nitrogen and oxygen atoms in total. The zero-order valence-corrected chi connectivity index (χ0v) is 10.6. The van der Waals surface area contributed by atoms with Gasteiger partial charge in [-0.05, 0) is 6.92 Å². The topological polar surface area (TPSA) is 93.4 Å². The Hall–Kier alpha value is -1.79. The number of aromatic nitrogens is 2. The van der Waals surface area contributed by atoms with E-state index < -0.39 is 12.1 Å². The van der Waals surface area contributed by atoms with Gasteiger partial charge in [0.25, 0.3) is 0 Å². The van der Waals surface area contributed by atoms with Crippen LogP contribution in [0.1, 0.15) is 18.8 Å². The van der Waals surface area contributed by atoms with E-state index in [1.54, 1.807) is 33.3 Å². The number of benzene rings is 1. The quantitative estimate of drug-likeness (QED) is 0.752. The summed E-state index contributed by atoms with van der Waals surface area (Å²) in [5.74, 6) is 1.76. The summed E-state index contributed by atoms with van der Waals surface area (Å²) in [6.07, 6.45) is -0.672. The lowest BCUT2D eigenvalue weighted by Crippen LogP contribution is -2.24. The predicted octanol–water partition coefficient (Wildman–Crippen LogP) is 0.961. The van der Waals surface area contributed by atoms with Crippen LogP contribution in [0.25, 0.3) is 11.0 Å². The molecule has 0 fully saturated rings. The van der Waals surface area contributed by atoms with Crippen molar-refractivity contribution in [3.63, 3.8) is 0 Å². The number of hydrogen-bond acceptors (Lipinski definition) is 5. The average molecular weight is 251 g/mol. The minimum absolute atomic E-state index is 0.537. The summed E-state index contributed by atoms with van der Waals surface area (Å²) in [6, 6.07) is 3.01. The summed E-state index contributed by atoms with van der Waals surface area (Å²) in [5, 5.41) is 9.47. The van der Waals surface area contributed by atoms with Crippen molar-refractivity contribution in [1.29, 1.82) is 0 Å². The fraction of sp³-hybridized carbons (Fsp3) is 0.417. The lowest BCUT2D eigenvalue weighted by molar-refractivity contribution is 0.161. The normalized spacial score (nSPS) is 14.5. The van der Waals surface area contributed by atoms with Gasteiger partial charge in [0.2, 0.25) is 0 Å². The maximum absolute atomic E-state index is 9.47. The lowest BCUT2D eigenvalue weighted by atomic mass is 10.2. The van der Waals surface area contributed by atoms with Gasteiger partial charge in [0.15, 0.2) is 11.5 Å². The molecule has 1 aromatic carbocycles. The number of ether oxygens (including phenoxy) is 2. The molecule has 4 N–H and O–H groups in total. The molecule has 0 saturated carbocycles. The summed E-state index contributed by atoms with van der Waals surface area (Å²) < 4.78 is 10.4. The van der Waals surface area contributed by atoms with Crippen molar-refractivity contribution in [2.75, 3.05) is 14.2 Å². The Bertz CT molecular complexity index is 510. The molecule has 0 bridgehead atoms. The molecule has 18 heavy (non-hydrogen) atoms. The number of hydrogen-bond donors (Lipinski definition) is 3. The Balaban J connectivity index is 2.51. The first-order chi connectivity index (χ1) is 8.56. The second-order valence-corrected chi connectivity index (χ2v) is 4.11. The molecule has 0 aliphatic carbocycles. The molecule has 0 spiro atoms. The van der Waals surface area contributed by atoms with Crippen molar-refractivity contribution in [3.05, 3.63) is 18.0 Å². The van der Waals surface area contributed by atoms with Crippen LogP contribution in [-0.4, -0.2) is 35.4 Å². The van der Waals surface area contributed by atoms with E-state index >= 15 is 0 Å². The molecule has 2 rings (SSSR count). The number of nitrogens with zero attached hydrogens (tertiary/aromatic N) is 1. The maximum atomic E-state index is 9.47. The molecule has 0 amide bonds. The van der Waals surface area contributed by atoms with E-state index in [-0.39, 0.29) is 0 Å². The van der Waals surface area contributed by atoms with Gasteiger partial charge in [0, 0.05) is 12.1 Å². The highest BCUT2D eigenvalue weighted by atomic mass is 16.5. The van der Waals surface area contributed by atoms with Crippen LogP contribution in [0, 0.1) is 0 Å². The molecule has 98 valence electrons. The first-order valence-electron chi connectivity index (χ1n) is 5.62. The third-order valence-electron chi connectivity index (χ3n) is 2.84. The molecule has 0 saturated heterocycles. The first kappa shape index (κ1) is 12.7. The van der Waals surface area contributed by atoms with E-state index in [2.05, 4.69) is 9.97 Å². The number of aromatic amines is 1. The monoisotopic (exact) mass is 251 g/mol. The van der Waals surface area contributed by atoms with Crippen LogP contribution >= 0.6 is 0 Å². The van der Waals surface area contributed by atoms with Crippen molar-refractivity contribution in [1.82, 2.24) is 9.97 Å². The summed E-state index contributed by atoms with van der Waals surface area (Å²) in [5.41, 5.74) is 7.35. The standard InChI is InChI=1S/C12H17N3O3/c1-6(16)11(13)12-14-7-4-9(17-2)10(18-3)5-8(7)15-12/h4-6,11,16H,13H2,1-3H3,(H,14,15). The lowest BCUT2D eigenvalue weighted by Gasteiger charge is -2.10. The number of methoxy groups -OCH3 is 2. The van der Waals surface area contributed by atoms with Crippen LogP contribution in [-0.2, 0) is 0 Å². The third kappa shape index (κ3) is 2.12. The number of aliphatic hydroxyl groups is 1. The Morgan fingerprint density at radius 3 is 2.44 bits per heavy atom. The molecule has 0 aliphatic rings. The van der Waals surface area contributed by atoms with E-state index in [1.165, 1.54) is 0 Å². The molecule has 2 unspecified atom stereocenters. The van der Waals surface area contributed by atoms with E-state index in [1.807, 2.05) is 0 Å². The van der Waals surface area contributed by atoms with Gasteiger partial charge in [-0.3, -0.25) is 0 Å². The molecule has 1 heterocycles. The van der Waals surface area contributed by atoms with Gasteiger partial charge in [0.05, 0.1) is 37.4 Å². The van der Waals surface area contributed by atoms with Crippen molar-refractivity contribution in [2.45, 2.75) is 19.1 Å². The van der Waals surface area contributed by atoms with Gasteiger partial charge < -0.3 is 25.3 Å². The largest absolute Gasteiger partial charge is 0.493 e. The first-order valence-corrected chi connectivity index (χ1v) is 5.62. The zero-order chi connectivity index (χ0) is 13.3. The second kappa shape index (κ2) is 4.83. The van der Waals surface area contributed by atoms with E-state index in [4.69, 9.17) is 15.2 Å². The summed E-state index contributed by atoms with van der Waals surface area (Å²) in [4.78, 5) is 7.41. The number of imidazole rings is 1. The fourth-order valence-electron chi connectivity index (χ4n) is 1.74. The minimum Gasteiger partial charge on any atom is -0.493 e. The van der Waals surface area contributed by atoms with Gasteiger partial charge in [-0.15, -0.1) is 0 Å². The van der Waals surface area contributed by atoms with E-state index in [0.29, 0.717) is 17.3 Å². The molecule has 2 aromatic rings.